The number of halogens is 2. The molecule has 40 heavy (non-hydrogen) atoms. The lowest BCUT2D eigenvalue weighted by atomic mass is 9.90. The van der Waals surface area contributed by atoms with Crippen molar-refractivity contribution in [2.75, 3.05) is 20.2 Å². The number of phenolic OH excluding ortho intramolecular Hbond substituents is 1. The summed E-state index contributed by atoms with van der Waals surface area (Å²) in [4.78, 5) is 35.0. The van der Waals surface area contributed by atoms with Crippen LogP contribution in [0.3, 0.4) is 0 Å². The second-order valence-corrected chi connectivity index (χ2v) is 11.1. The lowest BCUT2D eigenvalue weighted by Gasteiger charge is -2.30. The highest BCUT2D eigenvalue weighted by Gasteiger charge is 2.36. The first-order valence-electron chi connectivity index (χ1n) is 12.8. The van der Waals surface area contributed by atoms with Gasteiger partial charge in [-0.25, -0.2) is 4.99 Å². The van der Waals surface area contributed by atoms with Gasteiger partial charge in [0.2, 0.25) is 0 Å². The molecule has 0 saturated heterocycles. The SMILES string of the molecule is CCN(CC)C(=O)C1=C(C)N=c2s/c(=C/c3cc(Cl)cc(Cl)c3O)c(=O)n2[C@@H]1c1c(OC)ccc2ccccc12. The molecule has 2 heterocycles. The molecule has 3 aromatic carbocycles. The van der Waals surface area contributed by atoms with Crippen LogP contribution in [0.15, 0.2) is 69.6 Å². The number of aromatic hydroxyl groups is 1. The van der Waals surface area contributed by atoms with Gasteiger partial charge < -0.3 is 14.7 Å². The van der Waals surface area contributed by atoms with Crippen molar-refractivity contribution in [3.63, 3.8) is 0 Å². The van der Waals surface area contributed by atoms with Gasteiger partial charge in [0.1, 0.15) is 17.5 Å². The van der Waals surface area contributed by atoms with E-state index in [2.05, 4.69) is 0 Å². The predicted molar refractivity (Wildman–Crippen MR) is 160 cm³/mol. The van der Waals surface area contributed by atoms with Crippen LogP contribution in [-0.2, 0) is 4.79 Å². The Morgan fingerprint density at radius 3 is 2.60 bits per heavy atom. The Morgan fingerprint density at radius 2 is 1.90 bits per heavy atom. The number of phenols is 1. The van der Waals surface area contributed by atoms with E-state index in [-0.39, 0.29) is 22.2 Å². The number of ether oxygens (including phenoxy) is 1. The second-order valence-electron chi connectivity index (χ2n) is 9.29. The van der Waals surface area contributed by atoms with E-state index < -0.39 is 6.04 Å². The number of carbonyl (C=O) groups excluding carboxylic acids is 1. The molecule has 0 aliphatic carbocycles. The lowest BCUT2D eigenvalue weighted by Crippen LogP contribution is -2.43. The fourth-order valence-electron chi connectivity index (χ4n) is 5.12. The molecular formula is C30H27Cl2N3O4S. The number of carbonyl (C=O) groups is 1. The number of amides is 1. The average molecular weight is 597 g/mol. The predicted octanol–water partition coefficient (Wildman–Crippen LogP) is 5.28. The molecule has 0 fully saturated rings. The second kappa shape index (κ2) is 11.1. The van der Waals surface area contributed by atoms with Crippen LogP contribution in [0.4, 0.5) is 0 Å². The minimum absolute atomic E-state index is 0.0767. The van der Waals surface area contributed by atoms with Crippen molar-refractivity contribution in [3.8, 4) is 11.5 Å². The standard InChI is InChI=1S/C30H27Cl2N3O4S/c1-5-34(6-2)29(38)24-16(3)33-30-35(26(24)25-20-10-8-7-9-17(20)11-12-22(25)39-4)28(37)23(40-30)14-18-13-19(31)15-21(32)27(18)36/h7-15,26,36H,5-6H2,1-4H3/b23-14+/t26-/m0/s1. The zero-order valence-electron chi connectivity index (χ0n) is 22.4. The minimum Gasteiger partial charge on any atom is -0.506 e. The fraction of sp³-hybridized carbons (Fsp3) is 0.233. The number of hydrogen-bond donors (Lipinski definition) is 1. The van der Waals surface area contributed by atoms with Gasteiger partial charge >= 0.3 is 0 Å². The summed E-state index contributed by atoms with van der Waals surface area (Å²) in [6.07, 6.45) is 1.54. The van der Waals surface area contributed by atoms with E-state index in [4.69, 9.17) is 32.9 Å². The van der Waals surface area contributed by atoms with Crippen molar-refractivity contribution < 1.29 is 14.6 Å². The van der Waals surface area contributed by atoms with Gasteiger partial charge in [-0.2, -0.15) is 0 Å². The maximum atomic E-state index is 14.1. The summed E-state index contributed by atoms with van der Waals surface area (Å²) in [7, 11) is 1.57. The first-order chi connectivity index (χ1) is 19.2. The summed E-state index contributed by atoms with van der Waals surface area (Å²) >= 11 is 13.5. The molecule has 0 bridgehead atoms. The molecular weight excluding hydrogens is 569 g/mol. The Hall–Kier alpha value is -3.59. The molecule has 206 valence electrons. The highest BCUT2D eigenvalue weighted by Crippen LogP contribution is 2.40. The topological polar surface area (TPSA) is 84.1 Å². The summed E-state index contributed by atoms with van der Waals surface area (Å²) in [6, 6.07) is 13.8. The molecule has 1 aliphatic heterocycles. The van der Waals surface area contributed by atoms with E-state index in [1.807, 2.05) is 50.2 Å². The summed E-state index contributed by atoms with van der Waals surface area (Å²) in [5.41, 5.74) is 1.57. The van der Waals surface area contributed by atoms with Gasteiger partial charge in [-0.3, -0.25) is 14.2 Å². The molecule has 1 aliphatic rings. The number of thiazole rings is 1. The number of nitrogens with zero attached hydrogens (tertiary/aromatic N) is 3. The van der Waals surface area contributed by atoms with Gasteiger partial charge in [0.15, 0.2) is 4.80 Å². The normalized spacial score (nSPS) is 15.2. The molecule has 7 nitrogen and oxygen atoms in total. The van der Waals surface area contributed by atoms with Crippen LogP contribution < -0.4 is 19.6 Å². The first-order valence-corrected chi connectivity index (χ1v) is 14.3. The third kappa shape index (κ3) is 4.70. The van der Waals surface area contributed by atoms with Crippen molar-refractivity contribution in [2.24, 2.45) is 4.99 Å². The number of allylic oxidation sites excluding steroid dienone is 1. The Labute approximate surface area is 244 Å². The van der Waals surface area contributed by atoms with E-state index in [1.165, 1.54) is 12.1 Å². The van der Waals surface area contributed by atoms with Crippen LogP contribution in [0.2, 0.25) is 10.0 Å². The number of rotatable bonds is 6. The van der Waals surface area contributed by atoms with Crippen molar-refractivity contribution >= 4 is 57.3 Å². The molecule has 10 heteroatoms. The summed E-state index contributed by atoms with van der Waals surface area (Å²) in [6.45, 7) is 6.64. The van der Waals surface area contributed by atoms with E-state index in [9.17, 15) is 14.7 Å². The van der Waals surface area contributed by atoms with Crippen LogP contribution in [-0.4, -0.2) is 40.7 Å². The smallest absolute Gasteiger partial charge is 0.271 e. The number of aromatic nitrogens is 1. The fourth-order valence-corrected chi connectivity index (χ4v) is 6.67. The van der Waals surface area contributed by atoms with Gasteiger partial charge in [0.25, 0.3) is 11.5 Å². The van der Waals surface area contributed by atoms with Gasteiger partial charge in [0, 0.05) is 29.2 Å². The zero-order valence-corrected chi connectivity index (χ0v) is 24.7. The maximum absolute atomic E-state index is 14.1. The van der Waals surface area contributed by atoms with E-state index >= 15 is 0 Å². The minimum atomic E-state index is -0.802. The van der Waals surface area contributed by atoms with Gasteiger partial charge in [-0.05, 0) is 55.8 Å². The molecule has 4 aromatic rings. The van der Waals surface area contributed by atoms with E-state index in [0.29, 0.717) is 55.6 Å². The highest BCUT2D eigenvalue weighted by atomic mass is 35.5. The largest absolute Gasteiger partial charge is 0.506 e. The molecule has 1 amide bonds. The summed E-state index contributed by atoms with van der Waals surface area (Å²) in [5, 5.41) is 12.7. The zero-order chi connectivity index (χ0) is 28.7. The van der Waals surface area contributed by atoms with E-state index in [1.54, 1.807) is 29.6 Å². The lowest BCUT2D eigenvalue weighted by molar-refractivity contribution is -0.127. The number of methoxy groups -OCH3 is 1. The number of fused-ring (bicyclic) bond motifs is 2. The molecule has 0 saturated carbocycles. The Bertz CT molecular complexity index is 1870. The molecule has 1 aromatic heterocycles. The van der Waals surface area contributed by atoms with Crippen LogP contribution >= 0.6 is 34.5 Å². The van der Waals surface area contributed by atoms with Crippen LogP contribution in [0.1, 0.15) is 37.9 Å². The molecule has 0 radical (unpaired) electrons. The quantitative estimate of drug-likeness (QED) is 0.329. The highest BCUT2D eigenvalue weighted by molar-refractivity contribution is 7.07. The molecule has 5 rings (SSSR count). The first kappa shape index (κ1) is 28.0. The number of benzene rings is 3. The van der Waals surface area contributed by atoms with E-state index in [0.717, 1.165) is 22.1 Å². The van der Waals surface area contributed by atoms with Gasteiger partial charge in [0.05, 0.1) is 27.9 Å². The van der Waals surface area contributed by atoms with Gasteiger partial charge in [-0.15, -0.1) is 0 Å². The van der Waals surface area contributed by atoms with Crippen molar-refractivity contribution in [2.45, 2.75) is 26.8 Å². The van der Waals surface area contributed by atoms with Crippen LogP contribution in [0.5, 0.6) is 11.5 Å². The van der Waals surface area contributed by atoms with Crippen molar-refractivity contribution in [1.82, 2.24) is 9.47 Å². The van der Waals surface area contributed by atoms with Crippen molar-refractivity contribution in [1.29, 1.82) is 0 Å². The monoisotopic (exact) mass is 595 g/mol. The van der Waals surface area contributed by atoms with Crippen molar-refractivity contribution in [3.05, 3.63) is 101 Å². The Morgan fingerprint density at radius 1 is 1.18 bits per heavy atom. The molecule has 1 N–H and O–H groups in total. The van der Waals surface area contributed by atoms with Crippen LogP contribution in [0.25, 0.3) is 16.8 Å². The summed E-state index contributed by atoms with van der Waals surface area (Å²) < 4.78 is 7.68. The Kier molecular flexibility index (Phi) is 7.77. The third-order valence-electron chi connectivity index (χ3n) is 7.07. The number of likely N-dealkylation sites (N-methyl/N-ethyl adjacent to an activating group) is 1. The summed E-state index contributed by atoms with van der Waals surface area (Å²) in [5.74, 6) is 0.176. The molecule has 0 spiro atoms. The average Bonchev–Trinajstić information content (AvgIpc) is 3.24. The molecule has 0 unspecified atom stereocenters. The number of hydrogen-bond acceptors (Lipinski definition) is 6. The Balaban J connectivity index is 1.87. The van der Waals surface area contributed by atoms with Crippen LogP contribution in [0, 0.1) is 0 Å². The third-order valence-corrected chi connectivity index (χ3v) is 8.56. The molecule has 1 atom stereocenters. The van der Waals surface area contributed by atoms with Gasteiger partial charge in [-0.1, -0.05) is 64.9 Å². The maximum Gasteiger partial charge on any atom is 0.271 e.